The Labute approximate surface area is 134 Å². The van der Waals surface area contributed by atoms with E-state index in [2.05, 4.69) is 0 Å². The molecule has 2 aliphatic rings. The summed E-state index contributed by atoms with van der Waals surface area (Å²) in [5, 5.41) is 10.9. The van der Waals surface area contributed by atoms with Gasteiger partial charge in [0.1, 0.15) is 0 Å². The number of nitrogens with zero attached hydrogens (tertiary/aromatic N) is 2. The minimum Gasteiger partial charge on any atom is -0.258 e. The van der Waals surface area contributed by atoms with E-state index in [0.717, 1.165) is 56.7 Å². The van der Waals surface area contributed by atoms with E-state index < -0.39 is 26.5 Å². The third-order valence-corrected chi connectivity index (χ3v) is 6.83. The predicted molar refractivity (Wildman–Crippen MR) is 81.9 cm³/mol. The molecule has 1 saturated carbocycles. The van der Waals surface area contributed by atoms with Crippen molar-refractivity contribution in [3.63, 3.8) is 0 Å². The molecule has 8 heteroatoms. The van der Waals surface area contributed by atoms with Crippen LogP contribution in [-0.4, -0.2) is 30.2 Å². The van der Waals surface area contributed by atoms with E-state index in [1.54, 1.807) is 0 Å². The number of sulfonamides is 1. The fourth-order valence-corrected chi connectivity index (χ4v) is 5.58. The molecule has 1 aromatic carbocycles. The van der Waals surface area contributed by atoms with Crippen LogP contribution in [0.25, 0.3) is 0 Å². The van der Waals surface area contributed by atoms with Gasteiger partial charge in [-0.25, -0.2) is 8.42 Å². The van der Waals surface area contributed by atoms with Gasteiger partial charge in [0.05, 0.1) is 9.82 Å². The van der Waals surface area contributed by atoms with Crippen molar-refractivity contribution in [3.05, 3.63) is 34.1 Å². The Morgan fingerprint density at radius 1 is 1.17 bits per heavy atom. The van der Waals surface area contributed by atoms with E-state index in [-0.39, 0.29) is 10.9 Å². The third-order valence-electron chi connectivity index (χ3n) is 4.91. The van der Waals surface area contributed by atoms with E-state index in [1.165, 1.54) is 4.31 Å². The molecule has 0 bridgehead atoms. The number of benzene rings is 1. The summed E-state index contributed by atoms with van der Waals surface area (Å²) in [6.07, 6.45) is 5.80. The highest BCUT2D eigenvalue weighted by Crippen LogP contribution is 2.38. The van der Waals surface area contributed by atoms with E-state index in [0.29, 0.717) is 12.5 Å². The topological polar surface area (TPSA) is 80.5 Å². The van der Waals surface area contributed by atoms with Crippen molar-refractivity contribution in [1.82, 2.24) is 4.31 Å². The fourth-order valence-electron chi connectivity index (χ4n) is 3.81. The number of rotatable bonds is 3. The van der Waals surface area contributed by atoms with Crippen LogP contribution in [0.1, 0.15) is 38.5 Å². The van der Waals surface area contributed by atoms with E-state index in [9.17, 15) is 22.9 Å². The van der Waals surface area contributed by atoms with Crippen molar-refractivity contribution < 1.29 is 17.7 Å². The largest absolute Gasteiger partial charge is 0.306 e. The minimum atomic E-state index is -3.84. The monoisotopic (exact) mass is 342 g/mol. The van der Waals surface area contributed by atoms with Gasteiger partial charge in [-0.1, -0.05) is 12.8 Å². The second-order valence-corrected chi connectivity index (χ2v) is 8.13. The zero-order valence-electron chi connectivity index (χ0n) is 12.7. The second kappa shape index (κ2) is 6.16. The standard InChI is InChI=1S/C15H19FN2O4S/c16-13-8-7-12(10-15(13)18(19)20)23(21,22)17-9-3-5-11-4-1-2-6-14(11)17/h7-8,10-11,14H,1-6,9H2/t11-,14-/m0/s1. The Bertz CT molecular complexity index is 720. The minimum absolute atomic E-state index is 0.0355. The molecule has 1 aliphatic heterocycles. The van der Waals surface area contributed by atoms with Crippen molar-refractivity contribution in [3.8, 4) is 0 Å². The molecule has 1 aliphatic carbocycles. The first-order valence-corrected chi connectivity index (χ1v) is 9.31. The highest BCUT2D eigenvalue weighted by molar-refractivity contribution is 7.89. The summed E-state index contributed by atoms with van der Waals surface area (Å²) in [5.41, 5.74) is -0.803. The molecule has 1 saturated heterocycles. The van der Waals surface area contributed by atoms with E-state index in [1.807, 2.05) is 0 Å². The lowest BCUT2D eigenvalue weighted by atomic mass is 9.79. The number of fused-ring (bicyclic) bond motifs is 1. The van der Waals surface area contributed by atoms with Gasteiger partial charge in [-0.15, -0.1) is 0 Å². The molecular weight excluding hydrogens is 323 g/mol. The van der Waals surface area contributed by atoms with Crippen molar-refractivity contribution in [2.45, 2.75) is 49.5 Å². The van der Waals surface area contributed by atoms with Gasteiger partial charge in [0.2, 0.25) is 15.8 Å². The molecule has 0 unspecified atom stereocenters. The van der Waals surface area contributed by atoms with E-state index in [4.69, 9.17) is 0 Å². The summed E-state index contributed by atoms with van der Waals surface area (Å²) in [4.78, 5) is 9.77. The number of piperidine rings is 1. The summed E-state index contributed by atoms with van der Waals surface area (Å²) in [7, 11) is -3.84. The van der Waals surface area contributed by atoms with Gasteiger partial charge in [-0.2, -0.15) is 8.70 Å². The summed E-state index contributed by atoms with van der Waals surface area (Å²) >= 11 is 0. The van der Waals surface area contributed by atoms with Crippen LogP contribution in [0.3, 0.4) is 0 Å². The lowest BCUT2D eigenvalue weighted by molar-refractivity contribution is -0.387. The molecule has 126 valence electrons. The molecular formula is C15H19FN2O4S. The van der Waals surface area contributed by atoms with Gasteiger partial charge in [-0.05, 0) is 43.7 Å². The van der Waals surface area contributed by atoms with Crippen LogP contribution in [0, 0.1) is 21.8 Å². The van der Waals surface area contributed by atoms with Gasteiger partial charge >= 0.3 is 5.69 Å². The Balaban J connectivity index is 1.97. The molecule has 2 fully saturated rings. The molecule has 6 nitrogen and oxygen atoms in total. The van der Waals surface area contributed by atoms with Crippen molar-refractivity contribution >= 4 is 15.7 Å². The molecule has 0 radical (unpaired) electrons. The smallest absolute Gasteiger partial charge is 0.258 e. The molecule has 1 aromatic rings. The van der Waals surface area contributed by atoms with Crippen LogP contribution < -0.4 is 0 Å². The maximum absolute atomic E-state index is 13.5. The predicted octanol–water partition coefficient (Wildman–Crippen LogP) is 3.08. The Kier molecular flexibility index (Phi) is 4.37. The number of nitro benzene ring substituents is 1. The summed E-state index contributed by atoms with van der Waals surface area (Å²) < 4.78 is 40.8. The number of hydrogen-bond acceptors (Lipinski definition) is 4. The molecule has 23 heavy (non-hydrogen) atoms. The Hall–Kier alpha value is -1.54. The molecule has 2 atom stereocenters. The maximum atomic E-state index is 13.5. The average Bonchev–Trinajstić information content (AvgIpc) is 2.54. The van der Waals surface area contributed by atoms with Gasteiger partial charge < -0.3 is 0 Å². The molecule has 3 rings (SSSR count). The SMILES string of the molecule is O=[N+]([O-])c1cc(S(=O)(=O)N2CCC[C@@H]3CCCC[C@@H]32)ccc1F. The quantitative estimate of drug-likeness (QED) is 0.624. The molecule has 0 spiro atoms. The van der Waals surface area contributed by atoms with Crippen LogP contribution in [-0.2, 0) is 10.0 Å². The highest BCUT2D eigenvalue weighted by Gasteiger charge is 2.40. The van der Waals surface area contributed by atoms with Gasteiger partial charge in [0.15, 0.2) is 0 Å². The van der Waals surface area contributed by atoms with Crippen LogP contribution >= 0.6 is 0 Å². The van der Waals surface area contributed by atoms with Gasteiger partial charge in [0, 0.05) is 18.7 Å². The highest BCUT2D eigenvalue weighted by atomic mass is 32.2. The first-order chi connectivity index (χ1) is 10.9. The van der Waals surface area contributed by atoms with Gasteiger partial charge in [0.25, 0.3) is 0 Å². The zero-order valence-corrected chi connectivity index (χ0v) is 13.5. The number of hydrogen-bond donors (Lipinski definition) is 0. The Morgan fingerprint density at radius 2 is 1.87 bits per heavy atom. The summed E-state index contributed by atoms with van der Waals surface area (Å²) in [6, 6.07) is 2.76. The Morgan fingerprint density at radius 3 is 2.61 bits per heavy atom. The second-order valence-electron chi connectivity index (χ2n) is 6.24. The normalized spacial score (nSPS) is 25.8. The van der Waals surface area contributed by atoms with E-state index >= 15 is 0 Å². The van der Waals surface area contributed by atoms with Gasteiger partial charge in [-0.3, -0.25) is 10.1 Å². The lowest BCUT2D eigenvalue weighted by Crippen LogP contribution is -2.49. The van der Waals surface area contributed by atoms with Crippen LogP contribution in [0.4, 0.5) is 10.1 Å². The summed E-state index contributed by atoms with van der Waals surface area (Å²) in [5.74, 6) is -0.661. The van der Waals surface area contributed by atoms with Crippen LogP contribution in [0.2, 0.25) is 0 Å². The lowest BCUT2D eigenvalue weighted by Gasteiger charge is -2.43. The summed E-state index contributed by atoms with van der Waals surface area (Å²) in [6.45, 7) is 0.425. The van der Waals surface area contributed by atoms with Crippen molar-refractivity contribution in [1.29, 1.82) is 0 Å². The maximum Gasteiger partial charge on any atom is 0.306 e. The number of halogens is 1. The first-order valence-electron chi connectivity index (χ1n) is 7.87. The molecule has 0 amide bonds. The first kappa shape index (κ1) is 16.3. The zero-order chi connectivity index (χ0) is 16.6. The molecule has 0 N–H and O–H groups in total. The van der Waals surface area contributed by atoms with Crippen molar-refractivity contribution in [2.24, 2.45) is 5.92 Å². The van der Waals surface area contributed by atoms with Crippen LogP contribution in [0.5, 0.6) is 0 Å². The number of nitro groups is 1. The third kappa shape index (κ3) is 2.97. The van der Waals surface area contributed by atoms with Crippen molar-refractivity contribution in [2.75, 3.05) is 6.54 Å². The average molecular weight is 342 g/mol. The molecule has 0 aromatic heterocycles. The molecule has 1 heterocycles. The fraction of sp³-hybridized carbons (Fsp3) is 0.600. The van der Waals surface area contributed by atoms with Crippen LogP contribution in [0.15, 0.2) is 23.1 Å².